The van der Waals surface area contributed by atoms with E-state index in [1.807, 2.05) is 12.1 Å². The summed E-state index contributed by atoms with van der Waals surface area (Å²) in [5.41, 5.74) is 1.39. The highest BCUT2D eigenvalue weighted by atomic mass is 35.5. The van der Waals surface area contributed by atoms with Crippen LogP contribution in [-0.4, -0.2) is 6.54 Å². The van der Waals surface area contributed by atoms with Crippen LogP contribution in [-0.2, 0) is 6.42 Å². The molecule has 0 saturated heterocycles. The van der Waals surface area contributed by atoms with E-state index in [1.165, 1.54) is 5.56 Å². The standard InChI is InChI=1S/C14H18ClNOS/c1-2-8-16-12(13-5-6-14(15)17-13)4-3-11-7-9-18-10-11/h5-7,9-10,12,16H,2-4,8H2,1H3. The predicted molar refractivity (Wildman–Crippen MR) is 77.4 cm³/mol. The van der Waals surface area contributed by atoms with Crippen molar-refractivity contribution < 1.29 is 4.42 Å². The zero-order valence-electron chi connectivity index (χ0n) is 10.5. The highest BCUT2D eigenvalue weighted by Crippen LogP contribution is 2.24. The SMILES string of the molecule is CCCNC(CCc1ccsc1)c1ccc(Cl)o1. The predicted octanol–water partition coefficient (Wildman–Crippen LogP) is 4.67. The number of aryl methyl sites for hydroxylation is 1. The Kier molecular flexibility index (Phi) is 5.29. The molecular weight excluding hydrogens is 266 g/mol. The summed E-state index contributed by atoms with van der Waals surface area (Å²) in [6, 6.07) is 6.19. The van der Waals surface area contributed by atoms with Gasteiger partial charge in [0.2, 0.25) is 0 Å². The second-order valence-corrected chi connectivity index (χ2v) is 5.47. The van der Waals surface area contributed by atoms with Crippen LogP contribution in [0.2, 0.25) is 5.22 Å². The average molecular weight is 284 g/mol. The lowest BCUT2D eigenvalue weighted by Gasteiger charge is -2.15. The molecule has 0 aliphatic heterocycles. The monoisotopic (exact) mass is 283 g/mol. The van der Waals surface area contributed by atoms with Gasteiger partial charge in [-0.3, -0.25) is 0 Å². The number of furan rings is 1. The molecule has 18 heavy (non-hydrogen) atoms. The summed E-state index contributed by atoms with van der Waals surface area (Å²) in [7, 11) is 0. The van der Waals surface area contributed by atoms with Gasteiger partial charge in [-0.05, 0) is 71.9 Å². The molecule has 2 rings (SSSR count). The summed E-state index contributed by atoms with van der Waals surface area (Å²) in [6.07, 6.45) is 3.20. The number of nitrogens with one attached hydrogen (secondary N) is 1. The Morgan fingerprint density at radius 3 is 2.89 bits per heavy atom. The van der Waals surface area contributed by atoms with E-state index in [-0.39, 0.29) is 6.04 Å². The molecular formula is C14H18ClNOS. The van der Waals surface area contributed by atoms with E-state index in [0.29, 0.717) is 5.22 Å². The maximum atomic E-state index is 5.85. The maximum absolute atomic E-state index is 5.85. The molecule has 0 aliphatic rings. The molecule has 98 valence electrons. The number of hydrogen-bond donors (Lipinski definition) is 1. The molecule has 0 bridgehead atoms. The fourth-order valence-corrected chi connectivity index (χ4v) is 2.78. The minimum absolute atomic E-state index is 0.248. The lowest BCUT2D eigenvalue weighted by Crippen LogP contribution is -2.22. The molecule has 1 N–H and O–H groups in total. The zero-order chi connectivity index (χ0) is 12.8. The first-order valence-electron chi connectivity index (χ1n) is 6.29. The van der Waals surface area contributed by atoms with E-state index in [2.05, 4.69) is 29.1 Å². The van der Waals surface area contributed by atoms with Crippen LogP contribution >= 0.6 is 22.9 Å². The van der Waals surface area contributed by atoms with Gasteiger partial charge in [-0.25, -0.2) is 0 Å². The van der Waals surface area contributed by atoms with Crippen LogP contribution in [0.3, 0.4) is 0 Å². The van der Waals surface area contributed by atoms with Gasteiger partial charge >= 0.3 is 0 Å². The van der Waals surface area contributed by atoms with Gasteiger partial charge in [0.05, 0.1) is 6.04 Å². The fourth-order valence-electron chi connectivity index (χ4n) is 1.92. The topological polar surface area (TPSA) is 25.2 Å². The summed E-state index contributed by atoms with van der Waals surface area (Å²) in [6.45, 7) is 3.16. The second-order valence-electron chi connectivity index (χ2n) is 4.32. The van der Waals surface area contributed by atoms with Gasteiger partial charge in [-0.1, -0.05) is 6.92 Å². The number of thiophene rings is 1. The van der Waals surface area contributed by atoms with Gasteiger partial charge in [0, 0.05) is 0 Å². The summed E-state index contributed by atoms with van der Waals surface area (Å²) in [5, 5.41) is 8.29. The first kappa shape index (κ1) is 13.7. The Bertz CT molecular complexity index is 452. The van der Waals surface area contributed by atoms with Gasteiger partial charge in [-0.15, -0.1) is 0 Å². The van der Waals surface area contributed by atoms with E-state index in [9.17, 15) is 0 Å². The Morgan fingerprint density at radius 1 is 1.39 bits per heavy atom. The van der Waals surface area contributed by atoms with Crippen molar-refractivity contribution in [1.29, 1.82) is 0 Å². The molecule has 4 heteroatoms. The van der Waals surface area contributed by atoms with E-state index < -0.39 is 0 Å². The molecule has 0 aliphatic carbocycles. The fraction of sp³-hybridized carbons (Fsp3) is 0.429. The van der Waals surface area contributed by atoms with Crippen molar-refractivity contribution >= 4 is 22.9 Å². The normalized spacial score (nSPS) is 12.8. The molecule has 0 saturated carbocycles. The van der Waals surface area contributed by atoms with Crippen LogP contribution < -0.4 is 5.32 Å². The van der Waals surface area contributed by atoms with Crippen LogP contribution in [0, 0.1) is 0 Å². The zero-order valence-corrected chi connectivity index (χ0v) is 12.1. The first-order chi connectivity index (χ1) is 8.79. The minimum atomic E-state index is 0.248. The van der Waals surface area contributed by atoms with Gasteiger partial charge < -0.3 is 9.73 Å². The Hall–Kier alpha value is -0.770. The summed E-state index contributed by atoms with van der Waals surface area (Å²) >= 11 is 7.59. The third kappa shape index (κ3) is 3.87. The summed E-state index contributed by atoms with van der Waals surface area (Å²) in [5.74, 6) is 0.934. The van der Waals surface area contributed by atoms with E-state index in [0.717, 1.165) is 31.6 Å². The quantitative estimate of drug-likeness (QED) is 0.799. The van der Waals surface area contributed by atoms with Crippen molar-refractivity contribution in [3.05, 3.63) is 45.5 Å². The van der Waals surface area contributed by atoms with Crippen molar-refractivity contribution in [2.24, 2.45) is 0 Å². The first-order valence-corrected chi connectivity index (χ1v) is 7.61. The third-order valence-corrected chi connectivity index (χ3v) is 3.82. The van der Waals surface area contributed by atoms with E-state index in [4.69, 9.17) is 16.0 Å². The lowest BCUT2D eigenvalue weighted by atomic mass is 10.1. The van der Waals surface area contributed by atoms with E-state index >= 15 is 0 Å². The van der Waals surface area contributed by atoms with Gasteiger partial charge in [-0.2, -0.15) is 11.3 Å². The van der Waals surface area contributed by atoms with Crippen LogP contribution in [0.1, 0.15) is 37.1 Å². The molecule has 2 aromatic heterocycles. The molecule has 1 atom stereocenters. The molecule has 2 nitrogen and oxygen atoms in total. The van der Waals surface area contributed by atoms with Gasteiger partial charge in [0.15, 0.2) is 5.22 Å². The lowest BCUT2D eigenvalue weighted by molar-refractivity contribution is 0.397. The highest BCUT2D eigenvalue weighted by molar-refractivity contribution is 7.07. The summed E-state index contributed by atoms with van der Waals surface area (Å²) < 4.78 is 5.52. The van der Waals surface area contributed by atoms with E-state index in [1.54, 1.807) is 11.3 Å². The molecule has 0 fully saturated rings. The van der Waals surface area contributed by atoms with Crippen molar-refractivity contribution in [2.75, 3.05) is 6.54 Å². The third-order valence-electron chi connectivity index (χ3n) is 2.88. The highest BCUT2D eigenvalue weighted by Gasteiger charge is 2.14. The molecule has 1 unspecified atom stereocenters. The maximum Gasteiger partial charge on any atom is 0.193 e. The molecule has 2 heterocycles. The van der Waals surface area contributed by atoms with Crippen LogP contribution in [0.5, 0.6) is 0 Å². The Labute approximate surface area is 117 Å². The number of halogens is 1. The average Bonchev–Trinajstić information content (AvgIpc) is 3.01. The number of hydrogen-bond acceptors (Lipinski definition) is 3. The van der Waals surface area contributed by atoms with Crippen molar-refractivity contribution in [3.8, 4) is 0 Å². The Balaban J connectivity index is 1.96. The molecule has 2 aromatic rings. The van der Waals surface area contributed by atoms with Crippen molar-refractivity contribution in [1.82, 2.24) is 5.32 Å². The second kappa shape index (κ2) is 6.98. The van der Waals surface area contributed by atoms with Crippen LogP contribution in [0.25, 0.3) is 0 Å². The van der Waals surface area contributed by atoms with Gasteiger partial charge in [0.25, 0.3) is 0 Å². The van der Waals surface area contributed by atoms with Crippen molar-refractivity contribution in [2.45, 2.75) is 32.2 Å². The minimum Gasteiger partial charge on any atom is -0.448 e. The Morgan fingerprint density at radius 2 is 2.28 bits per heavy atom. The smallest absolute Gasteiger partial charge is 0.193 e. The molecule has 0 aromatic carbocycles. The van der Waals surface area contributed by atoms with Crippen LogP contribution in [0.4, 0.5) is 0 Å². The molecule has 0 radical (unpaired) electrons. The van der Waals surface area contributed by atoms with Crippen LogP contribution in [0.15, 0.2) is 33.4 Å². The largest absolute Gasteiger partial charge is 0.448 e. The molecule has 0 amide bonds. The molecule has 0 spiro atoms. The van der Waals surface area contributed by atoms with Crippen molar-refractivity contribution in [3.63, 3.8) is 0 Å². The number of rotatable bonds is 7. The van der Waals surface area contributed by atoms with Gasteiger partial charge in [0.1, 0.15) is 5.76 Å². The summed E-state index contributed by atoms with van der Waals surface area (Å²) in [4.78, 5) is 0.